The van der Waals surface area contributed by atoms with Crippen molar-refractivity contribution in [3.63, 3.8) is 0 Å². The van der Waals surface area contributed by atoms with Crippen molar-refractivity contribution < 1.29 is 18.0 Å². The number of hydrogen-bond acceptors (Lipinski definition) is 4. The first-order valence-electron chi connectivity index (χ1n) is 12.8. The van der Waals surface area contributed by atoms with Crippen LogP contribution in [0.15, 0.2) is 71.6 Å². The van der Waals surface area contributed by atoms with Crippen LogP contribution < -0.4 is 9.62 Å². The van der Waals surface area contributed by atoms with E-state index in [9.17, 15) is 18.0 Å². The number of anilines is 1. The number of amides is 2. The molecule has 7 nitrogen and oxygen atoms in total. The molecule has 0 aromatic heterocycles. The number of aryl methyl sites for hydroxylation is 3. The molecule has 0 saturated heterocycles. The van der Waals surface area contributed by atoms with Gasteiger partial charge in [-0.1, -0.05) is 59.6 Å². The SMILES string of the molecule is Cc1ccc(S(=O)(=O)N(CC(=O)N(Cc2ccccc2C)[C@@H](C)C(=O)NC(C)C)c2ccc(C)c(Cl)c2)cc1. The molecule has 1 N–H and O–H groups in total. The number of halogens is 1. The van der Waals surface area contributed by atoms with Crippen LogP contribution in [0.2, 0.25) is 5.02 Å². The van der Waals surface area contributed by atoms with E-state index in [4.69, 9.17) is 11.6 Å². The molecule has 3 aromatic carbocycles. The summed E-state index contributed by atoms with van der Waals surface area (Å²) in [6, 6.07) is 17.9. The minimum absolute atomic E-state index is 0.0497. The summed E-state index contributed by atoms with van der Waals surface area (Å²) in [6.07, 6.45) is 0. The normalized spacial score (nSPS) is 12.2. The maximum Gasteiger partial charge on any atom is 0.264 e. The molecular formula is C30H36ClN3O4S. The summed E-state index contributed by atoms with van der Waals surface area (Å²) in [6.45, 7) is 10.6. The van der Waals surface area contributed by atoms with Crippen LogP contribution in [0, 0.1) is 20.8 Å². The third kappa shape index (κ3) is 7.40. The Hall–Kier alpha value is -3.36. The molecule has 0 aliphatic carbocycles. The zero-order chi connectivity index (χ0) is 28.9. The average molecular weight is 570 g/mol. The first-order chi connectivity index (χ1) is 18.3. The molecule has 0 bridgehead atoms. The predicted molar refractivity (Wildman–Crippen MR) is 156 cm³/mol. The Labute approximate surface area is 236 Å². The minimum Gasteiger partial charge on any atom is -0.352 e. The van der Waals surface area contributed by atoms with Gasteiger partial charge in [0.2, 0.25) is 11.8 Å². The van der Waals surface area contributed by atoms with Crippen LogP contribution in [0.1, 0.15) is 43.0 Å². The lowest BCUT2D eigenvalue weighted by molar-refractivity contribution is -0.139. The number of sulfonamides is 1. The Balaban J connectivity index is 2.07. The van der Waals surface area contributed by atoms with Gasteiger partial charge in [-0.3, -0.25) is 13.9 Å². The van der Waals surface area contributed by atoms with Crippen molar-refractivity contribution in [3.8, 4) is 0 Å². The van der Waals surface area contributed by atoms with Gasteiger partial charge in [0.15, 0.2) is 0 Å². The quantitative estimate of drug-likeness (QED) is 0.354. The predicted octanol–water partition coefficient (Wildman–Crippen LogP) is 5.40. The zero-order valence-corrected chi connectivity index (χ0v) is 24.8. The van der Waals surface area contributed by atoms with Crippen molar-refractivity contribution in [2.75, 3.05) is 10.8 Å². The number of nitrogens with one attached hydrogen (secondary N) is 1. The third-order valence-corrected chi connectivity index (χ3v) is 8.73. The highest BCUT2D eigenvalue weighted by molar-refractivity contribution is 7.92. The van der Waals surface area contributed by atoms with E-state index in [1.54, 1.807) is 31.2 Å². The number of hydrogen-bond donors (Lipinski definition) is 1. The van der Waals surface area contributed by atoms with Crippen molar-refractivity contribution in [2.45, 2.75) is 65.1 Å². The van der Waals surface area contributed by atoms with E-state index in [1.165, 1.54) is 23.1 Å². The fourth-order valence-electron chi connectivity index (χ4n) is 4.06. The lowest BCUT2D eigenvalue weighted by Crippen LogP contribution is -2.52. The Morgan fingerprint density at radius 1 is 0.897 bits per heavy atom. The van der Waals surface area contributed by atoms with Gasteiger partial charge in [0.25, 0.3) is 10.0 Å². The van der Waals surface area contributed by atoms with Crippen LogP contribution in [0.4, 0.5) is 5.69 Å². The van der Waals surface area contributed by atoms with Gasteiger partial charge in [-0.25, -0.2) is 8.42 Å². The van der Waals surface area contributed by atoms with Crippen molar-refractivity contribution in [3.05, 3.63) is 94.0 Å². The summed E-state index contributed by atoms with van der Waals surface area (Å²) in [5.74, 6) is -0.838. The smallest absolute Gasteiger partial charge is 0.264 e. The zero-order valence-electron chi connectivity index (χ0n) is 23.2. The molecule has 0 radical (unpaired) electrons. The van der Waals surface area contributed by atoms with Crippen molar-refractivity contribution in [1.82, 2.24) is 10.2 Å². The largest absolute Gasteiger partial charge is 0.352 e. The molecule has 0 aliphatic rings. The summed E-state index contributed by atoms with van der Waals surface area (Å²) in [4.78, 5) is 28.4. The molecule has 1 atom stereocenters. The lowest BCUT2D eigenvalue weighted by Gasteiger charge is -2.32. The van der Waals surface area contributed by atoms with Crippen molar-refractivity contribution >= 4 is 39.1 Å². The van der Waals surface area contributed by atoms with Crippen molar-refractivity contribution in [1.29, 1.82) is 0 Å². The van der Waals surface area contributed by atoms with Gasteiger partial charge in [-0.2, -0.15) is 0 Å². The number of rotatable bonds is 10. The second-order valence-electron chi connectivity index (χ2n) is 10.0. The summed E-state index contributed by atoms with van der Waals surface area (Å²) < 4.78 is 28.8. The van der Waals surface area contributed by atoms with Crippen molar-refractivity contribution in [2.24, 2.45) is 0 Å². The molecule has 2 amide bonds. The van der Waals surface area contributed by atoms with Gasteiger partial charge in [-0.05, 0) is 82.5 Å². The Bertz CT molecular complexity index is 1440. The molecule has 0 fully saturated rings. The van der Waals surface area contributed by atoms with E-state index in [0.717, 1.165) is 26.6 Å². The molecule has 39 heavy (non-hydrogen) atoms. The molecule has 9 heteroatoms. The lowest BCUT2D eigenvalue weighted by atomic mass is 10.1. The first-order valence-corrected chi connectivity index (χ1v) is 14.6. The van der Waals surface area contributed by atoms with Gasteiger partial charge in [0, 0.05) is 17.6 Å². The molecule has 0 unspecified atom stereocenters. The van der Waals surface area contributed by atoms with Gasteiger partial charge in [0.05, 0.1) is 10.6 Å². The van der Waals surface area contributed by atoms with Gasteiger partial charge >= 0.3 is 0 Å². The molecule has 208 valence electrons. The van der Waals surface area contributed by atoms with Crippen LogP contribution >= 0.6 is 11.6 Å². The molecule has 0 heterocycles. The monoisotopic (exact) mass is 569 g/mol. The highest BCUT2D eigenvalue weighted by Gasteiger charge is 2.33. The van der Waals surface area contributed by atoms with E-state index in [-0.39, 0.29) is 29.1 Å². The number of carbonyl (C=O) groups is 2. The highest BCUT2D eigenvalue weighted by atomic mass is 35.5. The molecular weight excluding hydrogens is 534 g/mol. The Kier molecular flexibility index (Phi) is 9.80. The highest BCUT2D eigenvalue weighted by Crippen LogP contribution is 2.29. The maximum absolute atomic E-state index is 14.0. The Morgan fingerprint density at radius 3 is 2.13 bits per heavy atom. The summed E-state index contributed by atoms with van der Waals surface area (Å²) >= 11 is 6.37. The fourth-order valence-corrected chi connectivity index (χ4v) is 5.64. The fraction of sp³-hybridized carbons (Fsp3) is 0.333. The second-order valence-corrected chi connectivity index (χ2v) is 12.3. The Morgan fingerprint density at radius 2 is 1.54 bits per heavy atom. The summed E-state index contributed by atoms with van der Waals surface area (Å²) in [5.41, 5.74) is 3.76. The van der Waals surface area contributed by atoms with Gasteiger partial charge in [0.1, 0.15) is 12.6 Å². The first kappa shape index (κ1) is 30.2. The molecule has 0 spiro atoms. The number of carbonyl (C=O) groups excluding carboxylic acids is 2. The van der Waals surface area contributed by atoms with Gasteiger partial charge in [-0.15, -0.1) is 0 Å². The minimum atomic E-state index is -4.15. The van der Waals surface area contributed by atoms with E-state index in [0.29, 0.717) is 5.02 Å². The molecule has 3 rings (SSSR count). The molecule has 0 aliphatic heterocycles. The van der Waals surface area contributed by atoms with E-state index in [1.807, 2.05) is 58.9 Å². The second kappa shape index (κ2) is 12.7. The number of nitrogens with zero attached hydrogens (tertiary/aromatic N) is 2. The topological polar surface area (TPSA) is 86.8 Å². The van der Waals surface area contributed by atoms with Crippen LogP contribution in [-0.2, 0) is 26.2 Å². The van der Waals surface area contributed by atoms with Crippen LogP contribution in [0.3, 0.4) is 0 Å². The molecule has 0 saturated carbocycles. The molecule has 3 aromatic rings. The third-order valence-electron chi connectivity index (χ3n) is 6.53. The van der Waals surface area contributed by atoms with Crippen LogP contribution in [0.25, 0.3) is 0 Å². The maximum atomic E-state index is 14.0. The van der Waals surface area contributed by atoms with Gasteiger partial charge < -0.3 is 10.2 Å². The summed E-state index contributed by atoms with van der Waals surface area (Å²) in [7, 11) is -4.15. The number of benzene rings is 3. The van der Waals surface area contributed by atoms with Crippen LogP contribution in [-0.4, -0.2) is 43.8 Å². The van der Waals surface area contributed by atoms with E-state index >= 15 is 0 Å². The van der Waals surface area contributed by atoms with Crippen LogP contribution in [0.5, 0.6) is 0 Å². The average Bonchev–Trinajstić information content (AvgIpc) is 2.87. The summed E-state index contributed by atoms with van der Waals surface area (Å²) in [5, 5.41) is 3.24. The van der Waals surface area contributed by atoms with E-state index in [2.05, 4.69) is 5.32 Å². The standard InChI is InChI=1S/C30H36ClN3O4S/c1-20(2)32-30(36)24(6)33(18-25-10-8-7-9-22(25)4)29(35)19-34(26-14-13-23(5)28(31)17-26)39(37,38)27-15-11-21(3)12-16-27/h7-17,20,24H,18-19H2,1-6H3,(H,32,36)/t24-/m0/s1. The van der Waals surface area contributed by atoms with E-state index < -0.39 is 28.5 Å².